The van der Waals surface area contributed by atoms with Crippen LogP contribution in [0, 0.1) is 5.82 Å². The molecule has 1 fully saturated rings. The topological polar surface area (TPSA) is 24.5 Å². The summed E-state index contributed by atoms with van der Waals surface area (Å²) < 4.78 is 18.2. The van der Waals surface area contributed by atoms with E-state index in [0.717, 1.165) is 45.0 Å². The number of rotatable bonds is 5. The molecule has 0 saturated carbocycles. The first-order chi connectivity index (χ1) is 8.79. The molecule has 100 valence electrons. The van der Waals surface area contributed by atoms with Crippen molar-refractivity contribution in [2.45, 2.75) is 19.4 Å². The van der Waals surface area contributed by atoms with E-state index in [1.807, 2.05) is 0 Å². The van der Waals surface area contributed by atoms with Crippen molar-refractivity contribution in [3.8, 4) is 0 Å². The Labute approximate surface area is 108 Å². The lowest BCUT2D eigenvalue weighted by Crippen LogP contribution is -2.46. The maximum absolute atomic E-state index is 12.7. The molecule has 1 aliphatic rings. The van der Waals surface area contributed by atoms with E-state index in [1.54, 1.807) is 12.1 Å². The quantitative estimate of drug-likeness (QED) is 0.870. The average molecular weight is 252 g/mol. The lowest BCUT2D eigenvalue weighted by Gasteiger charge is -2.35. The number of ether oxygens (including phenoxy) is 1. The summed E-state index contributed by atoms with van der Waals surface area (Å²) in [7, 11) is 0. The van der Waals surface area contributed by atoms with E-state index in [1.165, 1.54) is 12.1 Å². The molecule has 3 nitrogen and oxygen atoms in total. The van der Waals surface area contributed by atoms with E-state index >= 15 is 0 Å². The molecule has 0 bridgehead atoms. The van der Waals surface area contributed by atoms with Crippen LogP contribution in [0.1, 0.15) is 13.3 Å². The minimum atomic E-state index is -0.195. The molecule has 1 aromatic carbocycles. The summed E-state index contributed by atoms with van der Waals surface area (Å²) in [4.78, 5) is 2.46. The van der Waals surface area contributed by atoms with E-state index in [0.29, 0.717) is 6.04 Å². The van der Waals surface area contributed by atoms with Crippen molar-refractivity contribution in [1.82, 2.24) is 4.90 Å². The van der Waals surface area contributed by atoms with E-state index in [4.69, 9.17) is 4.74 Å². The number of halogens is 1. The van der Waals surface area contributed by atoms with E-state index in [9.17, 15) is 4.39 Å². The molecule has 0 spiro atoms. The number of morpholine rings is 1. The third-order valence-electron chi connectivity index (χ3n) is 3.39. The molecule has 4 heteroatoms. The second-order valence-corrected chi connectivity index (χ2v) is 4.61. The lowest BCUT2D eigenvalue weighted by atomic mass is 10.2. The first kappa shape index (κ1) is 13.3. The number of nitrogens with zero attached hydrogens (tertiary/aromatic N) is 1. The van der Waals surface area contributed by atoms with Crippen molar-refractivity contribution in [3.63, 3.8) is 0 Å². The van der Waals surface area contributed by atoms with E-state index in [2.05, 4.69) is 17.1 Å². The van der Waals surface area contributed by atoms with Gasteiger partial charge in [0.25, 0.3) is 0 Å². The molecule has 2 rings (SSSR count). The highest BCUT2D eigenvalue weighted by Gasteiger charge is 2.20. The molecule has 0 aliphatic carbocycles. The monoisotopic (exact) mass is 252 g/mol. The van der Waals surface area contributed by atoms with Gasteiger partial charge in [0.2, 0.25) is 0 Å². The zero-order chi connectivity index (χ0) is 12.8. The van der Waals surface area contributed by atoms with E-state index < -0.39 is 0 Å². The van der Waals surface area contributed by atoms with Gasteiger partial charge in [-0.05, 0) is 30.7 Å². The van der Waals surface area contributed by atoms with Crippen molar-refractivity contribution in [1.29, 1.82) is 0 Å². The Morgan fingerprint density at radius 3 is 2.89 bits per heavy atom. The molecule has 1 aromatic rings. The molecule has 0 amide bonds. The first-order valence-corrected chi connectivity index (χ1v) is 6.61. The van der Waals surface area contributed by atoms with Gasteiger partial charge in [-0.25, -0.2) is 4.39 Å². The molecular weight excluding hydrogens is 231 g/mol. The molecule has 1 aliphatic heterocycles. The van der Waals surface area contributed by atoms with Crippen LogP contribution in [0.15, 0.2) is 24.3 Å². The molecule has 18 heavy (non-hydrogen) atoms. The summed E-state index contributed by atoms with van der Waals surface area (Å²) in [5, 5.41) is 3.31. The number of benzene rings is 1. The van der Waals surface area contributed by atoms with Crippen molar-refractivity contribution < 1.29 is 9.13 Å². The van der Waals surface area contributed by atoms with Gasteiger partial charge in [0, 0.05) is 31.4 Å². The Hall–Kier alpha value is -1.13. The average Bonchev–Trinajstić information content (AvgIpc) is 2.41. The maximum atomic E-state index is 12.7. The lowest BCUT2D eigenvalue weighted by molar-refractivity contribution is -0.00648. The highest BCUT2D eigenvalue weighted by Crippen LogP contribution is 2.11. The number of nitrogens with one attached hydrogen (secondary N) is 1. The summed E-state index contributed by atoms with van der Waals surface area (Å²) in [5.74, 6) is -0.195. The fourth-order valence-electron chi connectivity index (χ4n) is 2.27. The van der Waals surface area contributed by atoms with Crippen LogP contribution in [0.4, 0.5) is 10.1 Å². The van der Waals surface area contributed by atoms with Gasteiger partial charge in [0.1, 0.15) is 5.82 Å². The minimum absolute atomic E-state index is 0.195. The van der Waals surface area contributed by atoms with Crippen molar-refractivity contribution in [2.75, 3.05) is 38.2 Å². The Morgan fingerprint density at radius 2 is 2.17 bits per heavy atom. The molecule has 0 radical (unpaired) electrons. The smallest absolute Gasteiger partial charge is 0.123 e. The maximum Gasteiger partial charge on any atom is 0.123 e. The molecule has 1 unspecified atom stereocenters. The fraction of sp³-hybridized carbons (Fsp3) is 0.571. The normalized spacial score (nSPS) is 20.9. The first-order valence-electron chi connectivity index (χ1n) is 6.61. The summed E-state index contributed by atoms with van der Waals surface area (Å²) in [6, 6.07) is 7.03. The van der Waals surface area contributed by atoms with Crippen LogP contribution in [-0.2, 0) is 4.74 Å². The zero-order valence-electron chi connectivity index (χ0n) is 10.9. The molecule has 1 N–H and O–H groups in total. The molecular formula is C14H21FN2O. The Morgan fingerprint density at radius 1 is 1.39 bits per heavy atom. The molecule has 1 heterocycles. The summed E-state index contributed by atoms with van der Waals surface area (Å²) in [6.07, 6.45) is 1.12. The van der Waals surface area contributed by atoms with Crippen molar-refractivity contribution in [3.05, 3.63) is 30.1 Å². The zero-order valence-corrected chi connectivity index (χ0v) is 10.9. The van der Waals surface area contributed by atoms with Crippen molar-refractivity contribution >= 4 is 5.69 Å². The highest BCUT2D eigenvalue weighted by molar-refractivity contribution is 5.42. The van der Waals surface area contributed by atoms with Crippen LogP contribution < -0.4 is 5.32 Å². The van der Waals surface area contributed by atoms with Gasteiger partial charge in [-0.2, -0.15) is 0 Å². The number of hydrogen-bond donors (Lipinski definition) is 1. The third kappa shape index (κ3) is 3.68. The predicted molar refractivity (Wildman–Crippen MR) is 71.4 cm³/mol. The molecule has 1 saturated heterocycles. The molecule has 1 atom stereocenters. The fourth-order valence-corrected chi connectivity index (χ4v) is 2.27. The van der Waals surface area contributed by atoms with Gasteiger partial charge in [-0.1, -0.05) is 6.92 Å². The standard InChI is InChI=1S/C14H21FN2O/c1-2-14-11-18-10-9-17(14)8-7-16-13-5-3-12(15)4-6-13/h3-6,14,16H,2,7-11H2,1H3. The Bertz CT molecular complexity index is 355. The number of hydrogen-bond acceptors (Lipinski definition) is 3. The minimum Gasteiger partial charge on any atom is -0.384 e. The largest absolute Gasteiger partial charge is 0.384 e. The van der Waals surface area contributed by atoms with Gasteiger partial charge < -0.3 is 10.1 Å². The second kappa shape index (κ2) is 6.71. The second-order valence-electron chi connectivity index (χ2n) is 4.61. The van der Waals surface area contributed by atoms with Gasteiger partial charge in [-0.15, -0.1) is 0 Å². The predicted octanol–water partition coefficient (Wildman–Crippen LogP) is 2.35. The van der Waals surface area contributed by atoms with Crippen LogP contribution in [-0.4, -0.2) is 43.8 Å². The molecule has 0 aromatic heterocycles. The number of anilines is 1. The SMILES string of the molecule is CCC1COCCN1CCNc1ccc(F)cc1. The van der Waals surface area contributed by atoms with Gasteiger partial charge in [-0.3, -0.25) is 4.90 Å². The van der Waals surface area contributed by atoms with Crippen LogP contribution in [0.2, 0.25) is 0 Å². The van der Waals surface area contributed by atoms with Crippen LogP contribution in [0.3, 0.4) is 0 Å². The van der Waals surface area contributed by atoms with Crippen molar-refractivity contribution in [2.24, 2.45) is 0 Å². The van der Waals surface area contributed by atoms with Gasteiger partial charge in [0.15, 0.2) is 0 Å². The third-order valence-corrected chi connectivity index (χ3v) is 3.39. The summed E-state index contributed by atoms with van der Waals surface area (Å²) in [5.41, 5.74) is 0.970. The summed E-state index contributed by atoms with van der Waals surface area (Å²) >= 11 is 0. The van der Waals surface area contributed by atoms with Gasteiger partial charge in [0.05, 0.1) is 13.2 Å². The van der Waals surface area contributed by atoms with Crippen LogP contribution >= 0.6 is 0 Å². The van der Waals surface area contributed by atoms with Crippen LogP contribution in [0.5, 0.6) is 0 Å². The van der Waals surface area contributed by atoms with E-state index in [-0.39, 0.29) is 5.82 Å². The Kier molecular flexibility index (Phi) is 4.96. The summed E-state index contributed by atoms with van der Waals surface area (Å²) in [6.45, 7) is 6.74. The highest BCUT2D eigenvalue weighted by atomic mass is 19.1. The van der Waals surface area contributed by atoms with Crippen LogP contribution in [0.25, 0.3) is 0 Å². The Balaban J connectivity index is 1.75. The van der Waals surface area contributed by atoms with Gasteiger partial charge >= 0.3 is 0 Å².